The molecule has 2 aliphatic rings. The Balaban J connectivity index is 0.000000194. The van der Waals surface area contributed by atoms with Crippen molar-refractivity contribution in [1.82, 2.24) is 0 Å². The standard InChI is InChI=1S/2C60H46N2O2.2CHO.2Ru.2H2S/c2*63-59-45(35-43-23-9-13-27-49(43)57(59)55-47-25-11-7-21-41(47)31-33-51(55)39-17-3-1-4-18-39)37-61-53-29-15-16-30-54(53)62-38-46-36-44-24-10-14-28-50(44)58(60(46)64)56-48-26-12-8-22-42(48)32-34-52(56)40-19-5-2-6-20-40;2*1-2;;;;/h2*1-14,17-28,31-38,53-54,63-64H,15-16,29-30H2;2*1H;;;2*1H2/q;;2*-1;2*+1;;/t2*53-,54-;;;;;;/m10....../s1. The third kappa shape index (κ3) is 19.3. The quantitative estimate of drug-likeness (QED) is 0.0325. The van der Waals surface area contributed by atoms with E-state index in [1.54, 1.807) is 0 Å². The van der Waals surface area contributed by atoms with Crippen LogP contribution in [-0.4, -0.2) is 83.0 Å². The van der Waals surface area contributed by atoms with Crippen LogP contribution in [0.5, 0.6) is 23.0 Å². The van der Waals surface area contributed by atoms with E-state index in [9.17, 15) is 20.4 Å². The fourth-order valence-corrected chi connectivity index (χ4v) is 20.0. The number of hydrogen-bond donors (Lipinski definition) is 4. The van der Waals surface area contributed by atoms with Gasteiger partial charge in [0.25, 0.3) is 0 Å². The second kappa shape index (κ2) is 44.2. The molecule has 20 aromatic carbocycles. The summed E-state index contributed by atoms with van der Waals surface area (Å²) in [6, 6.07) is 134. The number of fused-ring (bicyclic) bond motifs is 8. The molecule has 0 unspecified atom stereocenters. The molecule has 0 amide bonds. The Bertz CT molecular complexity index is 6930. The van der Waals surface area contributed by atoms with E-state index in [0.717, 1.165) is 227 Å². The normalized spacial score (nSPS) is 14.7. The topological polar surface area (TPSA) is 164 Å². The van der Waals surface area contributed by atoms with E-state index in [1.807, 2.05) is 97.7 Å². The van der Waals surface area contributed by atoms with Crippen molar-refractivity contribution in [1.29, 1.82) is 0 Å². The second-order valence-electron chi connectivity index (χ2n) is 33.9. The first-order chi connectivity index (χ1) is 65.2. The van der Waals surface area contributed by atoms with Gasteiger partial charge in [0.1, 0.15) is 23.0 Å². The molecule has 136 heavy (non-hydrogen) atoms. The SMILES string of the molecule is Oc1c(C=N[C@@H]2CCCC[C@H]2N=Cc2cc3ccccc3c(-c3c(-c4ccccc4)ccc4ccccc34)c2O)cc2ccccc2c1-c1c(-c2ccccc2)ccc2ccccc12.Oc1c(C=N[C@H]2CCCC[C@@H]2N=Cc2cc3ccccc3c(-c3c(-c4ccccc4)ccc4ccccc34)c2O)cc2ccccc2c1-c1c(-c2ccccc2)ccc2ccccc12.S.S.[CH-]=O.[CH-]=O.[Ru+].[Ru+]. The summed E-state index contributed by atoms with van der Waals surface area (Å²) in [4.78, 5) is 36.5. The zero-order valence-electron chi connectivity index (χ0n) is 74.5. The molecule has 2 aliphatic carbocycles. The van der Waals surface area contributed by atoms with E-state index in [4.69, 9.17) is 29.6 Å². The van der Waals surface area contributed by atoms with Crippen molar-refractivity contribution in [3.8, 4) is 112 Å². The summed E-state index contributed by atoms with van der Waals surface area (Å²) in [5.74, 6) is 0.847. The van der Waals surface area contributed by atoms with Gasteiger partial charge in [-0.15, -0.1) is 0 Å². The van der Waals surface area contributed by atoms with E-state index >= 15 is 0 Å². The molecule has 0 aromatic heterocycles. The predicted octanol–water partition coefficient (Wildman–Crippen LogP) is 30.1. The molecular formula is C122H98N4O6Ru2S2. The first-order valence-electron chi connectivity index (χ1n) is 45.1. The number of phenols is 4. The molecule has 0 aliphatic heterocycles. The van der Waals surface area contributed by atoms with Crippen LogP contribution < -0.4 is 0 Å². The summed E-state index contributed by atoms with van der Waals surface area (Å²) in [6.07, 6.45) is 15.2. The van der Waals surface area contributed by atoms with Gasteiger partial charge >= 0.3 is 39.0 Å². The fourth-order valence-electron chi connectivity index (χ4n) is 20.0. The van der Waals surface area contributed by atoms with E-state index in [-0.39, 0.29) is 113 Å². The fraction of sp³-hybridized carbons (Fsp3) is 0.0984. The number of benzene rings is 20. The Labute approximate surface area is 831 Å². The van der Waals surface area contributed by atoms with Crippen LogP contribution in [0, 0.1) is 0 Å². The van der Waals surface area contributed by atoms with Gasteiger partial charge in [0.05, 0.1) is 24.2 Å². The molecule has 0 spiro atoms. The largest absolute Gasteiger partial charge is 1.00 e. The zero-order valence-corrected chi connectivity index (χ0v) is 80.0. The van der Waals surface area contributed by atoms with Crippen LogP contribution in [0.25, 0.3) is 175 Å². The minimum atomic E-state index is -0.0958. The number of hydrogen-bond acceptors (Lipinski definition) is 10. The maximum atomic E-state index is 12.5. The van der Waals surface area contributed by atoms with E-state index < -0.39 is 0 Å². The van der Waals surface area contributed by atoms with Crippen molar-refractivity contribution in [2.45, 2.75) is 75.5 Å². The predicted molar refractivity (Wildman–Crippen MR) is 573 cm³/mol. The average Bonchev–Trinajstić information content (AvgIpc) is 0.754. The van der Waals surface area contributed by atoms with Gasteiger partial charge in [0.15, 0.2) is 0 Å². The van der Waals surface area contributed by atoms with Gasteiger partial charge in [-0.25, -0.2) is 0 Å². The Morgan fingerprint density at radius 2 is 0.368 bits per heavy atom. The van der Waals surface area contributed by atoms with Crippen LogP contribution in [-0.2, 0) is 48.5 Å². The molecule has 14 heteroatoms. The molecule has 2 radical (unpaired) electrons. The number of aliphatic imine (C=N–C) groups is 4. The van der Waals surface area contributed by atoms with Crippen LogP contribution in [0.3, 0.4) is 0 Å². The van der Waals surface area contributed by atoms with Crippen molar-refractivity contribution < 1.29 is 69.0 Å². The molecular weight excluding hydrogens is 1880 g/mol. The summed E-state index contributed by atoms with van der Waals surface area (Å²) >= 11 is 0. The van der Waals surface area contributed by atoms with Gasteiger partial charge in [-0.2, -0.15) is 27.0 Å². The summed E-state index contributed by atoms with van der Waals surface area (Å²) in [7, 11) is 0. The van der Waals surface area contributed by atoms with Gasteiger partial charge in [-0.3, -0.25) is 33.5 Å². The monoisotopic (exact) mass is 1980 g/mol. The molecule has 0 saturated heterocycles. The molecule has 4 atom stereocenters. The molecule has 20 aromatic rings. The molecule has 2 saturated carbocycles. The van der Waals surface area contributed by atoms with E-state index in [0.29, 0.717) is 22.3 Å². The number of phenolic OH excluding ortho intramolecular Hbond substituents is 4. The molecule has 22 rings (SSSR count). The maximum Gasteiger partial charge on any atom is 1.00 e. The average molecular weight is 1980 g/mol. The zero-order chi connectivity index (χ0) is 90.0. The number of carbonyl (C=O) groups excluding carboxylic acids is 2. The van der Waals surface area contributed by atoms with Crippen molar-refractivity contribution in [3.63, 3.8) is 0 Å². The van der Waals surface area contributed by atoms with Gasteiger partial charge in [0, 0.05) is 91.6 Å². The van der Waals surface area contributed by atoms with Crippen LogP contribution in [0.1, 0.15) is 73.6 Å². The van der Waals surface area contributed by atoms with E-state index in [1.165, 1.54) is 0 Å². The van der Waals surface area contributed by atoms with Crippen molar-refractivity contribution >= 4 is 152 Å². The summed E-state index contributed by atoms with van der Waals surface area (Å²) in [6.45, 7) is 6.50. The molecule has 0 heterocycles. The Morgan fingerprint density at radius 3 is 0.559 bits per heavy atom. The summed E-state index contributed by atoms with van der Waals surface area (Å²) < 4.78 is 0. The first kappa shape index (κ1) is 96.2. The third-order valence-electron chi connectivity index (χ3n) is 26.3. The second-order valence-corrected chi connectivity index (χ2v) is 33.9. The Morgan fingerprint density at radius 1 is 0.206 bits per heavy atom. The summed E-state index contributed by atoms with van der Waals surface area (Å²) in [5, 5.41) is 66.7. The first-order valence-corrected chi connectivity index (χ1v) is 45.1. The minimum Gasteiger partial charge on any atom is -0.545 e. The third-order valence-corrected chi connectivity index (χ3v) is 26.3. The van der Waals surface area contributed by atoms with Crippen molar-refractivity contribution in [2.24, 2.45) is 20.0 Å². The van der Waals surface area contributed by atoms with Crippen LogP contribution >= 0.6 is 27.0 Å². The van der Waals surface area contributed by atoms with Crippen molar-refractivity contribution in [3.05, 3.63) is 411 Å². The maximum absolute atomic E-state index is 12.5. The van der Waals surface area contributed by atoms with Crippen molar-refractivity contribution in [2.75, 3.05) is 0 Å². The number of aromatic hydroxyl groups is 4. The van der Waals surface area contributed by atoms with Gasteiger partial charge in [-0.1, -0.05) is 390 Å². The van der Waals surface area contributed by atoms with Crippen LogP contribution in [0.4, 0.5) is 0 Å². The van der Waals surface area contributed by atoms with E-state index in [2.05, 4.69) is 329 Å². The number of nitrogens with zero attached hydrogens (tertiary/aromatic N) is 4. The number of rotatable bonds is 16. The van der Waals surface area contributed by atoms with Gasteiger partial charge < -0.3 is 30.0 Å². The summed E-state index contributed by atoms with van der Waals surface area (Å²) in [5.41, 5.74) is 18.5. The van der Waals surface area contributed by atoms with Gasteiger partial charge in [0.2, 0.25) is 0 Å². The Kier molecular flexibility index (Phi) is 31.3. The smallest absolute Gasteiger partial charge is 0.545 e. The molecule has 4 N–H and O–H groups in total. The molecule has 10 nitrogen and oxygen atoms in total. The minimum absolute atomic E-state index is 0. The van der Waals surface area contributed by atoms with Crippen LogP contribution in [0.2, 0.25) is 0 Å². The van der Waals surface area contributed by atoms with Gasteiger partial charge in [-0.05, 0) is 181 Å². The Hall–Kier alpha value is -14.4. The molecule has 2 fully saturated rings. The molecule has 670 valence electrons. The van der Waals surface area contributed by atoms with Crippen LogP contribution in [0.15, 0.2) is 408 Å². The molecule has 0 bridgehead atoms.